The molecule has 0 aliphatic heterocycles. The van der Waals surface area contributed by atoms with E-state index in [1.807, 2.05) is 60.8 Å². The van der Waals surface area contributed by atoms with Crippen LogP contribution >= 0.6 is 0 Å². The summed E-state index contributed by atoms with van der Waals surface area (Å²) in [6.45, 7) is 22.9. The van der Waals surface area contributed by atoms with E-state index in [2.05, 4.69) is 39.5 Å². The van der Waals surface area contributed by atoms with Crippen molar-refractivity contribution in [2.45, 2.75) is 0 Å². The molecule has 0 aromatic carbocycles. The highest BCUT2D eigenvalue weighted by atomic mass is 14.2. The Morgan fingerprint density at radius 3 is 1.32 bits per heavy atom. The lowest BCUT2D eigenvalue weighted by Gasteiger charge is -2.21. The van der Waals surface area contributed by atoms with Crippen LogP contribution < -0.4 is 0 Å². The minimum absolute atomic E-state index is 0.0321. The molecular formula is C25H28. The molecule has 0 spiro atoms. The topological polar surface area (TPSA) is 0 Å². The van der Waals surface area contributed by atoms with Crippen LogP contribution in [0.4, 0.5) is 0 Å². The molecule has 0 atom stereocenters. The maximum Gasteiger partial charge on any atom is 0.0339 e. The average Bonchev–Trinajstić information content (AvgIpc) is 2.62. The summed E-state index contributed by atoms with van der Waals surface area (Å²) in [5, 5.41) is 0. The summed E-state index contributed by atoms with van der Waals surface area (Å²) in [4.78, 5) is 0. The van der Waals surface area contributed by atoms with Gasteiger partial charge in [-0.15, -0.1) is 0 Å². The molecular weight excluding hydrogens is 300 g/mol. The van der Waals surface area contributed by atoms with Crippen LogP contribution in [0.1, 0.15) is 0 Å². The molecule has 0 unspecified atom stereocenters. The first-order chi connectivity index (χ1) is 12.2. The van der Waals surface area contributed by atoms with Crippen molar-refractivity contribution in [3.05, 3.63) is 147 Å². The third-order valence-electron chi connectivity index (χ3n) is 3.24. The second kappa shape index (κ2) is 14.5. The molecule has 0 heterocycles. The molecule has 0 heteroatoms. The predicted octanol–water partition coefficient (Wildman–Crippen LogP) is 7.17. The lowest BCUT2D eigenvalue weighted by Crippen LogP contribution is -2.08. The molecule has 0 aromatic rings. The van der Waals surface area contributed by atoms with Gasteiger partial charge in [-0.05, 0) is 16.7 Å². The first-order valence-electron chi connectivity index (χ1n) is 8.05. The van der Waals surface area contributed by atoms with E-state index in [-0.39, 0.29) is 5.92 Å². The molecule has 0 aliphatic carbocycles. The van der Waals surface area contributed by atoms with E-state index in [0.717, 1.165) is 16.7 Å². The van der Waals surface area contributed by atoms with Crippen LogP contribution in [0.15, 0.2) is 147 Å². The first-order valence-corrected chi connectivity index (χ1v) is 8.05. The van der Waals surface area contributed by atoms with Crippen LogP contribution in [0.3, 0.4) is 0 Å². The SMILES string of the molecule is C=C/C=C\C=C(/C=C)C(C(/C=C\C=C)=C/C=C)C(/C=C\C=C)=C/C=C. The fourth-order valence-corrected chi connectivity index (χ4v) is 2.23. The Bertz CT molecular complexity index is 627. The van der Waals surface area contributed by atoms with Gasteiger partial charge in [0, 0.05) is 5.92 Å². The summed E-state index contributed by atoms with van der Waals surface area (Å²) < 4.78 is 0. The van der Waals surface area contributed by atoms with Crippen LogP contribution in [0, 0.1) is 5.92 Å². The summed E-state index contributed by atoms with van der Waals surface area (Å²) in [5.74, 6) is -0.0321. The molecule has 0 rings (SSSR count). The normalized spacial score (nSPS) is 13.6. The van der Waals surface area contributed by atoms with Gasteiger partial charge >= 0.3 is 0 Å². The van der Waals surface area contributed by atoms with Gasteiger partial charge in [-0.3, -0.25) is 0 Å². The van der Waals surface area contributed by atoms with Gasteiger partial charge in [-0.2, -0.15) is 0 Å². The Morgan fingerprint density at radius 1 is 0.480 bits per heavy atom. The number of rotatable bonds is 12. The Hall–Kier alpha value is -3.12. The highest BCUT2D eigenvalue weighted by Gasteiger charge is 2.18. The zero-order valence-electron chi connectivity index (χ0n) is 15.0. The number of hydrogen-bond donors (Lipinski definition) is 0. The molecule has 0 fully saturated rings. The summed E-state index contributed by atoms with van der Waals surface area (Å²) in [5.41, 5.74) is 3.17. The molecule has 0 saturated carbocycles. The molecule has 128 valence electrons. The Balaban J connectivity index is 6.51. The number of hydrogen-bond acceptors (Lipinski definition) is 0. The van der Waals surface area contributed by atoms with Crippen molar-refractivity contribution in [3.8, 4) is 0 Å². The van der Waals surface area contributed by atoms with Crippen molar-refractivity contribution < 1.29 is 0 Å². The van der Waals surface area contributed by atoms with Crippen LogP contribution in [-0.2, 0) is 0 Å². The Kier molecular flexibility index (Phi) is 12.7. The molecule has 0 radical (unpaired) electrons. The second-order valence-electron chi connectivity index (χ2n) is 4.92. The van der Waals surface area contributed by atoms with Crippen molar-refractivity contribution in [1.82, 2.24) is 0 Å². The largest absolute Gasteiger partial charge is 0.0991 e. The lowest BCUT2D eigenvalue weighted by atomic mass is 9.82. The van der Waals surface area contributed by atoms with Gasteiger partial charge in [-0.25, -0.2) is 0 Å². The van der Waals surface area contributed by atoms with Crippen molar-refractivity contribution in [2.24, 2.45) is 5.92 Å². The molecule has 25 heavy (non-hydrogen) atoms. The van der Waals surface area contributed by atoms with E-state index < -0.39 is 0 Å². The van der Waals surface area contributed by atoms with E-state index in [1.54, 1.807) is 30.4 Å². The van der Waals surface area contributed by atoms with Gasteiger partial charge in [0.2, 0.25) is 0 Å². The molecule has 0 aromatic heterocycles. The standard InChI is InChI=1S/C25H28/c1-7-13-16-21-22(12-6)25(23(17-10-4)19-14-8-2)24(18-11-5)20-15-9-3/h7-21,25H,1-6H2/b16-13-,19-14-,20-15-,22-21+,23-17+,24-18+. The molecule has 0 bridgehead atoms. The Labute approximate surface area is 153 Å². The molecule has 0 nitrogen and oxygen atoms in total. The summed E-state index contributed by atoms with van der Waals surface area (Å²) in [7, 11) is 0. The quantitative estimate of drug-likeness (QED) is 0.333. The van der Waals surface area contributed by atoms with E-state index in [0.29, 0.717) is 0 Å². The minimum atomic E-state index is -0.0321. The van der Waals surface area contributed by atoms with Gasteiger partial charge in [0.1, 0.15) is 0 Å². The fourth-order valence-electron chi connectivity index (χ4n) is 2.23. The van der Waals surface area contributed by atoms with E-state index in [4.69, 9.17) is 0 Å². The van der Waals surface area contributed by atoms with Crippen molar-refractivity contribution in [2.75, 3.05) is 0 Å². The van der Waals surface area contributed by atoms with Crippen LogP contribution in [0.25, 0.3) is 0 Å². The predicted molar refractivity (Wildman–Crippen MR) is 116 cm³/mol. The highest BCUT2D eigenvalue weighted by molar-refractivity contribution is 5.49. The third kappa shape index (κ3) is 8.34. The fraction of sp³-hybridized carbons (Fsp3) is 0.0400. The van der Waals surface area contributed by atoms with Gasteiger partial charge < -0.3 is 0 Å². The first kappa shape index (κ1) is 21.9. The second-order valence-corrected chi connectivity index (χ2v) is 4.92. The smallest absolute Gasteiger partial charge is 0.0339 e. The van der Waals surface area contributed by atoms with Gasteiger partial charge in [0.25, 0.3) is 0 Å². The van der Waals surface area contributed by atoms with Gasteiger partial charge in [-0.1, -0.05) is 131 Å². The Morgan fingerprint density at radius 2 is 0.960 bits per heavy atom. The summed E-state index contributed by atoms with van der Waals surface area (Å²) in [6, 6.07) is 0. The van der Waals surface area contributed by atoms with Crippen molar-refractivity contribution in [1.29, 1.82) is 0 Å². The molecule has 0 aliphatic rings. The molecule has 0 amide bonds. The van der Waals surface area contributed by atoms with Crippen LogP contribution in [0.5, 0.6) is 0 Å². The maximum atomic E-state index is 3.98. The number of allylic oxidation sites excluding steroid dienone is 18. The minimum Gasteiger partial charge on any atom is -0.0991 e. The van der Waals surface area contributed by atoms with Gasteiger partial charge in [0.15, 0.2) is 0 Å². The average molecular weight is 328 g/mol. The summed E-state index contributed by atoms with van der Waals surface area (Å²) >= 11 is 0. The zero-order chi connectivity index (χ0) is 18.9. The van der Waals surface area contributed by atoms with Crippen LogP contribution in [0.2, 0.25) is 0 Å². The van der Waals surface area contributed by atoms with Crippen molar-refractivity contribution >= 4 is 0 Å². The molecule has 0 saturated heterocycles. The highest BCUT2D eigenvalue weighted by Crippen LogP contribution is 2.31. The molecule has 0 N–H and O–H groups in total. The lowest BCUT2D eigenvalue weighted by molar-refractivity contribution is 0.906. The van der Waals surface area contributed by atoms with E-state index in [1.165, 1.54) is 0 Å². The van der Waals surface area contributed by atoms with Crippen LogP contribution in [-0.4, -0.2) is 0 Å². The zero-order valence-corrected chi connectivity index (χ0v) is 15.0. The maximum absolute atomic E-state index is 3.98. The van der Waals surface area contributed by atoms with Gasteiger partial charge in [0.05, 0.1) is 0 Å². The van der Waals surface area contributed by atoms with E-state index in [9.17, 15) is 0 Å². The van der Waals surface area contributed by atoms with E-state index >= 15 is 0 Å². The monoisotopic (exact) mass is 328 g/mol. The third-order valence-corrected chi connectivity index (χ3v) is 3.24. The van der Waals surface area contributed by atoms with Crippen molar-refractivity contribution in [3.63, 3.8) is 0 Å². The summed E-state index contributed by atoms with van der Waals surface area (Å²) in [6.07, 6.45) is 28.3.